The predicted octanol–water partition coefficient (Wildman–Crippen LogP) is 5.02. The fraction of sp³-hybridized carbons (Fsp3) is 0.667. The van der Waals surface area contributed by atoms with E-state index in [0.29, 0.717) is 12.0 Å². The molecular formula is C21H36O4Si. The number of ether oxygens (including phenoxy) is 1. The van der Waals surface area contributed by atoms with Gasteiger partial charge in [-0.15, -0.1) is 0 Å². The number of rotatable bonds is 6. The molecule has 26 heavy (non-hydrogen) atoms. The van der Waals surface area contributed by atoms with Gasteiger partial charge in [-0.05, 0) is 50.9 Å². The lowest BCUT2D eigenvalue weighted by molar-refractivity contribution is -0.180. The molecule has 0 saturated heterocycles. The van der Waals surface area contributed by atoms with Crippen LogP contribution in [0.5, 0.6) is 0 Å². The van der Waals surface area contributed by atoms with Crippen LogP contribution in [0.2, 0.25) is 18.1 Å². The zero-order chi connectivity index (χ0) is 20.4. The normalized spacial score (nSPS) is 16.7. The first-order chi connectivity index (χ1) is 11.6. The summed E-state index contributed by atoms with van der Waals surface area (Å²) in [7, 11) is -2.33. The van der Waals surface area contributed by atoms with Gasteiger partial charge in [0.25, 0.3) is 0 Å². The fourth-order valence-electron chi connectivity index (χ4n) is 2.43. The van der Waals surface area contributed by atoms with Crippen LogP contribution in [-0.2, 0) is 19.6 Å². The molecule has 0 spiro atoms. The summed E-state index contributed by atoms with van der Waals surface area (Å²) in [4.78, 5) is 13.1. The van der Waals surface area contributed by atoms with Crippen LogP contribution in [-0.4, -0.2) is 31.1 Å². The van der Waals surface area contributed by atoms with Gasteiger partial charge < -0.3 is 14.3 Å². The van der Waals surface area contributed by atoms with Gasteiger partial charge in [0, 0.05) is 0 Å². The van der Waals surface area contributed by atoms with E-state index < -0.39 is 31.6 Å². The minimum Gasteiger partial charge on any atom is -0.458 e. The molecular weight excluding hydrogens is 344 g/mol. The Labute approximate surface area is 160 Å². The third-order valence-electron chi connectivity index (χ3n) is 5.09. The number of benzene rings is 1. The molecule has 0 aliphatic rings. The SMILES string of the molecule is CC[C@](O)(c1ccccc1)[C@@H](O[Si](C)(C)C(C)(C)C)C(=O)OC(C)(C)C. The summed E-state index contributed by atoms with van der Waals surface area (Å²) in [5.41, 5.74) is -1.44. The first-order valence-electron chi connectivity index (χ1n) is 9.32. The van der Waals surface area contributed by atoms with Gasteiger partial charge >= 0.3 is 5.97 Å². The summed E-state index contributed by atoms with van der Waals surface area (Å²) < 4.78 is 12.1. The molecule has 1 rings (SSSR count). The Bertz CT molecular complexity index is 599. The smallest absolute Gasteiger partial charge is 0.337 e. The standard InChI is InChI=1S/C21H36O4Si/c1-10-21(23,16-14-12-11-13-15-16)17(18(22)24-19(2,3)4)25-26(8,9)20(5,6)7/h11-15,17,23H,10H2,1-9H3/t17-,21-/m0/s1. The van der Waals surface area contributed by atoms with Crippen LogP contribution in [0.4, 0.5) is 0 Å². The lowest BCUT2D eigenvalue weighted by Gasteiger charge is -2.44. The van der Waals surface area contributed by atoms with E-state index in [1.807, 2.05) is 58.0 Å². The Morgan fingerprint density at radius 1 is 1.08 bits per heavy atom. The van der Waals surface area contributed by atoms with Gasteiger partial charge in [-0.25, -0.2) is 4.79 Å². The lowest BCUT2D eigenvalue weighted by Crippen LogP contribution is -2.55. The molecule has 148 valence electrons. The Morgan fingerprint density at radius 3 is 1.96 bits per heavy atom. The summed E-state index contributed by atoms with van der Waals surface area (Å²) in [6.07, 6.45) is -0.731. The van der Waals surface area contributed by atoms with Crippen molar-refractivity contribution in [1.82, 2.24) is 0 Å². The van der Waals surface area contributed by atoms with E-state index in [1.165, 1.54) is 0 Å². The van der Waals surface area contributed by atoms with Crippen molar-refractivity contribution in [3.63, 3.8) is 0 Å². The highest BCUT2D eigenvalue weighted by molar-refractivity contribution is 6.74. The van der Waals surface area contributed by atoms with Crippen molar-refractivity contribution < 1.29 is 19.1 Å². The molecule has 1 aromatic rings. The summed E-state index contributed by atoms with van der Waals surface area (Å²) in [5.74, 6) is -0.518. The van der Waals surface area contributed by atoms with Crippen LogP contribution in [0.3, 0.4) is 0 Å². The monoisotopic (exact) mass is 380 g/mol. The molecule has 1 aromatic carbocycles. The third kappa shape index (κ3) is 5.41. The second-order valence-corrected chi connectivity index (χ2v) is 14.2. The average Bonchev–Trinajstić information content (AvgIpc) is 2.50. The van der Waals surface area contributed by atoms with E-state index >= 15 is 0 Å². The zero-order valence-corrected chi connectivity index (χ0v) is 18.8. The van der Waals surface area contributed by atoms with Gasteiger partial charge in [-0.3, -0.25) is 0 Å². The van der Waals surface area contributed by atoms with Crippen LogP contribution in [0, 0.1) is 0 Å². The van der Waals surface area contributed by atoms with Crippen molar-refractivity contribution in [2.24, 2.45) is 0 Å². The van der Waals surface area contributed by atoms with Crippen molar-refractivity contribution in [3.8, 4) is 0 Å². The van der Waals surface area contributed by atoms with Crippen LogP contribution in [0.25, 0.3) is 0 Å². The van der Waals surface area contributed by atoms with E-state index in [-0.39, 0.29) is 5.04 Å². The first-order valence-corrected chi connectivity index (χ1v) is 12.2. The van der Waals surface area contributed by atoms with Crippen molar-refractivity contribution in [2.45, 2.75) is 90.3 Å². The van der Waals surface area contributed by atoms with Gasteiger partial charge in [0.05, 0.1) is 0 Å². The molecule has 5 heteroatoms. The fourth-order valence-corrected chi connectivity index (χ4v) is 3.67. The Balaban J connectivity index is 3.41. The minimum atomic E-state index is -2.33. The molecule has 1 N–H and O–H groups in total. The van der Waals surface area contributed by atoms with Crippen molar-refractivity contribution in [1.29, 1.82) is 0 Å². The Hall–Kier alpha value is -1.17. The largest absolute Gasteiger partial charge is 0.458 e. The molecule has 0 aliphatic heterocycles. The number of carbonyl (C=O) groups is 1. The van der Waals surface area contributed by atoms with Gasteiger partial charge in [-0.2, -0.15) is 0 Å². The first kappa shape index (κ1) is 22.9. The maximum atomic E-state index is 13.1. The quantitative estimate of drug-likeness (QED) is 0.556. The molecule has 0 fully saturated rings. The molecule has 4 nitrogen and oxygen atoms in total. The zero-order valence-electron chi connectivity index (χ0n) is 17.8. The lowest BCUT2D eigenvalue weighted by atomic mass is 9.85. The van der Waals surface area contributed by atoms with Crippen molar-refractivity contribution in [2.75, 3.05) is 0 Å². The molecule has 0 amide bonds. The third-order valence-corrected chi connectivity index (χ3v) is 9.52. The van der Waals surface area contributed by atoms with Crippen LogP contribution in [0.1, 0.15) is 60.5 Å². The molecule has 0 unspecified atom stereocenters. The molecule has 0 saturated carbocycles. The maximum absolute atomic E-state index is 13.1. The number of aliphatic hydroxyl groups is 1. The van der Waals surface area contributed by atoms with E-state index in [0.717, 1.165) is 0 Å². The van der Waals surface area contributed by atoms with Gasteiger partial charge in [0.1, 0.15) is 11.2 Å². The highest BCUT2D eigenvalue weighted by Crippen LogP contribution is 2.41. The van der Waals surface area contributed by atoms with Crippen molar-refractivity contribution >= 4 is 14.3 Å². The van der Waals surface area contributed by atoms with Gasteiger partial charge in [0.15, 0.2) is 14.4 Å². The maximum Gasteiger partial charge on any atom is 0.337 e. The van der Waals surface area contributed by atoms with Crippen LogP contribution in [0.15, 0.2) is 30.3 Å². The minimum absolute atomic E-state index is 0.0986. The van der Waals surface area contributed by atoms with Crippen LogP contribution < -0.4 is 0 Å². The van der Waals surface area contributed by atoms with Crippen LogP contribution >= 0.6 is 0 Å². The Kier molecular flexibility index (Phi) is 6.88. The molecule has 0 aliphatic carbocycles. The molecule has 0 radical (unpaired) electrons. The number of esters is 1. The molecule has 0 aromatic heterocycles. The van der Waals surface area contributed by atoms with E-state index in [1.54, 1.807) is 0 Å². The summed E-state index contributed by atoms with van der Waals surface area (Å²) >= 11 is 0. The average molecular weight is 381 g/mol. The summed E-state index contributed by atoms with van der Waals surface area (Å²) in [5, 5.41) is 11.4. The number of hydrogen-bond acceptors (Lipinski definition) is 4. The molecule has 0 heterocycles. The topological polar surface area (TPSA) is 55.8 Å². The van der Waals surface area contributed by atoms with E-state index in [2.05, 4.69) is 33.9 Å². The highest BCUT2D eigenvalue weighted by Gasteiger charge is 2.50. The second kappa shape index (κ2) is 7.83. The number of hydrogen-bond donors (Lipinski definition) is 1. The summed E-state index contributed by atoms with van der Waals surface area (Å²) in [6, 6.07) is 9.26. The van der Waals surface area contributed by atoms with E-state index in [9.17, 15) is 9.90 Å². The number of carbonyl (C=O) groups excluding carboxylic acids is 1. The summed E-state index contributed by atoms with van der Waals surface area (Å²) in [6.45, 7) is 17.8. The van der Waals surface area contributed by atoms with Crippen molar-refractivity contribution in [3.05, 3.63) is 35.9 Å². The Morgan fingerprint density at radius 2 is 1.58 bits per heavy atom. The highest BCUT2D eigenvalue weighted by atomic mass is 28.4. The molecule has 2 atom stereocenters. The van der Waals surface area contributed by atoms with Gasteiger partial charge in [-0.1, -0.05) is 58.0 Å². The second-order valence-electron chi connectivity index (χ2n) is 9.44. The van der Waals surface area contributed by atoms with Gasteiger partial charge in [0.2, 0.25) is 0 Å². The molecule has 0 bridgehead atoms. The van der Waals surface area contributed by atoms with E-state index in [4.69, 9.17) is 9.16 Å². The predicted molar refractivity (Wildman–Crippen MR) is 109 cm³/mol.